The summed E-state index contributed by atoms with van der Waals surface area (Å²) in [5.74, 6) is -0.879. The van der Waals surface area contributed by atoms with Crippen molar-refractivity contribution in [2.45, 2.75) is 52.4 Å². The van der Waals surface area contributed by atoms with Gasteiger partial charge in [0.1, 0.15) is 0 Å². The minimum atomic E-state index is -0.879. The van der Waals surface area contributed by atoms with Crippen LogP contribution < -0.4 is 0 Å². The smallest absolute Gasteiger partial charge is 0.335 e. The first-order valence-electron chi connectivity index (χ1n) is 7.75. The van der Waals surface area contributed by atoms with Gasteiger partial charge in [-0.25, -0.2) is 14.6 Å². The zero-order valence-corrected chi connectivity index (χ0v) is 13.2. The van der Waals surface area contributed by atoms with E-state index in [0.717, 1.165) is 26.1 Å². The molecule has 0 spiro atoms. The number of rotatable bonds is 10. The van der Waals surface area contributed by atoms with E-state index in [1.54, 1.807) is 30.3 Å². The van der Waals surface area contributed by atoms with Crippen LogP contribution in [0.3, 0.4) is 0 Å². The van der Waals surface area contributed by atoms with Crippen molar-refractivity contribution in [1.29, 1.82) is 0 Å². The fourth-order valence-electron chi connectivity index (χ4n) is 1.52. The molecule has 0 saturated heterocycles. The molecule has 1 aromatic rings. The van der Waals surface area contributed by atoms with Gasteiger partial charge in [0, 0.05) is 0 Å². The highest BCUT2D eigenvalue weighted by molar-refractivity contribution is 5.87. The molecule has 0 bridgehead atoms. The van der Waals surface area contributed by atoms with Crippen LogP contribution >= 0.6 is 0 Å². The Hall–Kier alpha value is -1.39. The van der Waals surface area contributed by atoms with Crippen LogP contribution in [0.2, 0.25) is 0 Å². The van der Waals surface area contributed by atoms with E-state index in [0.29, 0.717) is 5.56 Å². The summed E-state index contributed by atoms with van der Waals surface area (Å²) in [6.45, 7) is 5.87. The largest absolute Gasteiger partial charge is 0.478 e. The monoisotopic (exact) mass is 296 g/mol. The van der Waals surface area contributed by atoms with Crippen LogP contribution in [0.15, 0.2) is 30.3 Å². The van der Waals surface area contributed by atoms with E-state index in [4.69, 9.17) is 14.9 Å². The average Bonchev–Trinajstić information content (AvgIpc) is 2.51. The summed E-state index contributed by atoms with van der Waals surface area (Å²) in [6, 6.07) is 8.30. The molecular weight excluding hydrogens is 268 g/mol. The Labute approximate surface area is 128 Å². The third-order valence-electron chi connectivity index (χ3n) is 2.77. The van der Waals surface area contributed by atoms with Gasteiger partial charge in [-0.05, 0) is 25.0 Å². The summed E-state index contributed by atoms with van der Waals surface area (Å²) in [4.78, 5) is 20.2. The molecule has 0 radical (unpaired) electrons. The molecule has 4 nitrogen and oxygen atoms in total. The van der Waals surface area contributed by atoms with Crippen molar-refractivity contribution in [3.05, 3.63) is 35.9 Å². The number of aromatic carboxylic acids is 1. The fraction of sp³-hybridized carbons (Fsp3) is 0.588. The van der Waals surface area contributed by atoms with E-state index in [-0.39, 0.29) is 0 Å². The van der Waals surface area contributed by atoms with Gasteiger partial charge in [-0.3, -0.25) is 0 Å². The number of hydrogen-bond acceptors (Lipinski definition) is 3. The van der Waals surface area contributed by atoms with Crippen LogP contribution in [0.5, 0.6) is 0 Å². The van der Waals surface area contributed by atoms with Gasteiger partial charge in [0.25, 0.3) is 0 Å². The summed E-state index contributed by atoms with van der Waals surface area (Å²) in [5.41, 5.74) is 0.331. The second kappa shape index (κ2) is 15.0. The van der Waals surface area contributed by atoms with Crippen LogP contribution in [0.1, 0.15) is 62.7 Å². The molecular formula is C17H28O4. The van der Waals surface area contributed by atoms with E-state index < -0.39 is 5.97 Å². The number of unbranched alkanes of at least 4 members (excludes halogenated alkanes) is 4. The second-order valence-electron chi connectivity index (χ2n) is 4.73. The molecule has 0 aliphatic heterocycles. The molecule has 0 aliphatic carbocycles. The molecule has 0 fully saturated rings. The molecule has 0 aromatic heterocycles. The Bertz CT molecular complexity index is 328. The number of carboxylic acids is 1. The van der Waals surface area contributed by atoms with Crippen molar-refractivity contribution in [2.75, 3.05) is 13.2 Å². The Morgan fingerprint density at radius 2 is 1.38 bits per heavy atom. The lowest BCUT2D eigenvalue weighted by Crippen LogP contribution is -1.98. The molecule has 1 aromatic carbocycles. The highest BCUT2D eigenvalue weighted by Crippen LogP contribution is 1.97. The van der Waals surface area contributed by atoms with Gasteiger partial charge in [0.05, 0.1) is 18.8 Å². The van der Waals surface area contributed by atoms with Crippen LogP contribution in [0.4, 0.5) is 0 Å². The highest BCUT2D eigenvalue weighted by Gasteiger charge is 1.96. The van der Waals surface area contributed by atoms with Crippen LogP contribution in [0, 0.1) is 0 Å². The molecule has 4 heteroatoms. The highest BCUT2D eigenvalue weighted by atomic mass is 17.2. The maximum Gasteiger partial charge on any atom is 0.335 e. The Balaban J connectivity index is 0.000000394. The van der Waals surface area contributed by atoms with E-state index in [9.17, 15) is 4.79 Å². The van der Waals surface area contributed by atoms with E-state index in [1.807, 2.05) is 0 Å². The minimum absolute atomic E-state index is 0.331. The quantitative estimate of drug-likeness (QED) is 0.386. The lowest BCUT2D eigenvalue weighted by Gasteiger charge is -2.02. The third-order valence-corrected chi connectivity index (χ3v) is 2.77. The normalized spacial score (nSPS) is 9.81. The summed E-state index contributed by atoms with van der Waals surface area (Å²) in [5, 5.41) is 8.38. The predicted octanol–water partition coefficient (Wildman–Crippen LogP) is 4.70. The standard InChI is InChI=1S/C10H22O2.C7H6O2/c1-3-5-7-9-11-12-10-8-6-4-2;8-7(9)6-4-2-1-3-5-6/h3-10H2,1-2H3;1-5H,(H,8,9). The number of hydrogen-bond donors (Lipinski definition) is 1. The van der Waals surface area contributed by atoms with Gasteiger partial charge >= 0.3 is 5.97 Å². The Kier molecular flexibility index (Phi) is 14.0. The summed E-state index contributed by atoms with van der Waals surface area (Å²) in [6.07, 6.45) is 7.17. The summed E-state index contributed by atoms with van der Waals surface area (Å²) >= 11 is 0. The van der Waals surface area contributed by atoms with Gasteiger partial charge in [-0.15, -0.1) is 0 Å². The maximum atomic E-state index is 10.2. The summed E-state index contributed by atoms with van der Waals surface area (Å²) < 4.78 is 0. The molecule has 0 saturated carbocycles. The molecule has 0 aliphatic rings. The minimum Gasteiger partial charge on any atom is -0.478 e. The third kappa shape index (κ3) is 13.4. The van der Waals surface area contributed by atoms with Crippen LogP contribution in [0.25, 0.3) is 0 Å². The van der Waals surface area contributed by atoms with Crippen molar-refractivity contribution < 1.29 is 19.7 Å². The molecule has 0 amide bonds. The molecule has 0 unspecified atom stereocenters. The van der Waals surface area contributed by atoms with Gasteiger partial charge in [-0.2, -0.15) is 0 Å². The Morgan fingerprint density at radius 3 is 1.71 bits per heavy atom. The van der Waals surface area contributed by atoms with Crippen LogP contribution in [-0.4, -0.2) is 24.3 Å². The lowest BCUT2D eigenvalue weighted by atomic mass is 10.2. The van der Waals surface area contributed by atoms with Crippen molar-refractivity contribution in [1.82, 2.24) is 0 Å². The zero-order chi connectivity index (χ0) is 15.8. The molecule has 0 atom stereocenters. The number of carbonyl (C=O) groups is 1. The van der Waals surface area contributed by atoms with Crippen LogP contribution in [-0.2, 0) is 9.78 Å². The first kappa shape index (κ1) is 19.6. The molecule has 0 heterocycles. The molecule has 120 valence electrons. The van der Waals surface area contributed by atoms with Crippen molar-refractivity contribution in [3.63, 3.8) is 0 Å². The van der Waals surface area contributed by atoms with E-state index in [1.165, 1.54) is 25.7 Å². The van der Waals surface area contributed by atoms with Crippen molar-refractivity contribution >= 4 is 5.97 Å². The average molecular weight is 296 g/mol. The van der Waals surface area contributed by atoms with E-state index in [2.05, 4.69) is 13.8 Å². The fourth-order valence-corrected chi connectivity index (χ4v) is 1.52. The number of benzene rings is 1. The maximum absolute atomic E-state index is 10.2. The van der Waals surface area contributed by atoms with E-state index >= 15 is 0 Å². The van der Waals surface area contributed by atoms with Gasteiger partial charge in [-0.1, -0.05) is 57.7 Å². The lowest BCUT2D eigenvalue weighted by molar-refractivity contribution is -0.295. The number of carboxylic acid groups (broad SMARTS) is 1. The zero-order valence-electron chi connectivity index (χ0n) is 13.2. The van der Waals surface area contributed by atoms with Gasteiger partial charge in [0.15, 0.2) is 0 Å². The molecule has 21 heavy (non-hydrogen) atoms. The van der Waals surface area contributed by atoms with Gasteiger partial charge < -0.3 is 5.11 Å². The van der Waals surface area contributed by atoms with Gasteiger partial charge in [0.2, 0.25) is 0 Å². The first-order chi connectivity index (χ1) is 10.2. The van der Waals surface area contributed by atoms with Crippen molar-refractivity contribution in [3.8, 4) is 0 Å². The topological polar surface area (TPSA) is 55.8 Å². The van der Waals surface area contributed by atoms with Crippen molar-refractivity contribution in [2.24, 2.45) is 0 Å². The predicted molar refractivity (Wildman–Crippen MR) is 84.4 cm³/mol. The molecule has 1 N–H and O–H groups in total. The SMILES string of the molecule is CCCCCOOCCCCC.O=C(O)c1ccccc1. The Morgan fingerprint density at radius 1 is 0.905 bits per heavy atom. The first-order valence-corrected chi connectivity index (χ1v) is 7.75. The summed E-state index contributed by atoms with van der Waals surface area (Å²) in [7, 11) is 0. The molecule has 1 rings (SSSR count). The second-order valence-corrected chi connectivity index (χ2v) is 4.73.